The average molecular weight is 336 g/mol. The molecule has 1 aliphatic heterocycles. The van der Waals surface area contributed by atoms with Crippen molar-refractivity contribution < 1.29 is 14.4 Å². The maximum absolute atomic E-state index is 12.7. The average Bonchev–Trinajstić information content (AvgIpc) is 3.00. The van der Waals surface area contributed by atoms with Gasteiger partial charge < -0.3 is 10.6 Å². The Balaban J connectivity index is 1.69. The molecule has 2 fully saturated rings. The van der Waals surface area contributed by atoms with Gasteiger partial charge in [0.25, 0.3) is 5.91 Å². The predicted molar refractivity (Wildman–Crippen MR) is 86.1 cm³/mol. The lowest BCUT2D eigenvalue weighted by molar-refractivity contribution is -0.136. The number of imide groups is 1. The number of hydrogen-bond donors (Lipinski definition) is 2. The smallest absolute Gasteiger partial charge is 0.323 e. The van der Waals surface area contributed by atoms with Crippen molar-refractivity contribution in [2.75, 3.05) is 11.9 Å². The van der Waals surface area contributed by atoms with E-state index in [4.69, 9.17) is 0 Å². The fraction of sp³-hybridized carbons (Fsp3) is 0.600. The van der Waals surface area contributed by atoms with Gasteiger partial charge in [0.15, 0.2) is 5.13 Å². The minimum Gasteiger partial charge on any atom is -0.323 e. The summed E-state index contributed by atoms with van der Waals surface area (Å²) in [5.41, 5.74) is -0.0109. The summed E-state index contributed by atoms with van der Waals surface area (Å²) in [6.07, 6.45) is 3.53. The highest BCUT2D eigenvalue weighted by Gasteiger charge is 2.55. The van der Waals surface area contributed by atoms with E-state index in [1.807, 2.05) is 19.2 Å². The molecule has 8 heteroatoms. The molecule has 2 aliphatic rings. The molecule has 4 amide bonds. The molecular formula is C15H20N4O3S. The second-order valence-corrected chi connectivity index (χ2v) is 7.14. The predicted octanol–water partition coefficient (Wildman–Crippen LogP) is 1.89. The fourth-order valence-corrected chi connectivity index (χ4v) is 4.06. The zero-order valence-corrected chi connectivity index (χ0v) is 14.0. The summed E-state index contributed by atoms with van der Waals surface area (Å²) in [6, 6.07) is -0.478. The Kier molecular flexibility index (Phi) is 4.09. The van der Waals surface area contributed by atoms with Crippen LogP contribution < -0.4 is 10.6 Å². The molecule has 0 radical (unpaired) electrons. The van der Waals surface area contributed by atoms with Gasteiger partial charge in [0.2, 0.25) is 5.91 Å². The number of amides is 4. The second-order valence-electron chi connectivity index (χ2n) is 6.28. The van der Waals surface area contributed by atoms with Crippen molar-refractivity contribution in [3.63, 3.8) is 0 Å². The number of anilines is 1. The van der Waals surface area contributed by atoms with Crippen LogP contribution in [0.4, 0.5) is 9.93 Å². The van der Waals surface area contributed by atoms with E-state index in [1.54, 1.807) is 0 Å². The van der Waals surface area contributed by atoms with E-state index in [0.717, 1.165) is 29.9 Å². The number of thiazole rings is 1. The minimum absolute atomic E-state index is 0.0855. The van der Waals surface area contributed by atoms with Crippen LogP contribution in [-0.4, -0.2) is 39.8 Å². The third kappa shape index (κ3) is 2.83. The van der Waals surface area contributed by atoms with Crippen LogP contribution in [0, 0.1) is 12.8 Å². The molecule has 2 unspecified atom stereocenters. The first-order valence-corrected chi connectivity index (χ1v) is 8.66. The fourth-order valence-electron chi connectivity index (χ4n) is 3.35. The van der Waals surface area contributed by atoms with Gasteiger partial charge in [0, 0.05) is 5.38 Å². The number of aromatic nitrogens is 1. The molecule has 1 saturated carbocycles. The molecule has 2 atom stereocenters. The van der Waals surface area contributed by atoms with Gasteiger partial charge in [-0.15, -0.1) is 11.3 Å². The zero-order chi connectivity index (χ0) is 16.6. The summed E-state index contributed by atoms with van der Waals surface area (Å²) in [5.74, 6) is -0.606. The highest BCUT2D eigenvalue weighted by molar-refractivity contribution is 7.13. The van der Waals surface area contributed by atoms with Crippen LogP contribution in [0.3, 0.4) is 0 Å². The first kappa shape index (κ1) is 15.9. The summed E-state index contributed by atoms with van der Waals surface area (Å²) in [5, 5.41) is 7.76. The van der Waals surface area contributed by atoms with Crippen molar-refractivity contribution in [3.05, 3.63) is 11.1 Å². The van der Waals surface area contributed by atoms with Crippen LogP contribution in [-0.2, 0) is 9.59 Å². The number of nitrogens with one attached hydrogen (secondary N) is 2. The first-order chi connectivity index (χ1) is 10.9. The molecule has 7 nitrogen and oxygen atoms in total. The van der Waals surface area contributed by atoms with Crippen molar-refractivity contribution >= 4 is 34.3 Å². The van der Waals surface area contributed by atoms with Crippen LogP contribution in [0.15, 0.2) is 5.38 Å². The largest absolute Gasteiger partial charge is 0.325 e. The maximum Gasteiger partial charge on any atom is 0.325 e. The van der Waals surface area contributed by atoms with Gasteiger partial charge in [0.05, 0.1) is 5.69 Å². The van der Waals surface area contributed by atoms with Gasteiger partial charge in [-0.2, -0.15) is 0 Å². The van der Waals surface area contributed by atoms with Gasteiger partial charge in [-0.3, -0.25) is 14.5 Å². The minimum atomic E-state index is -0.826. The third-order valence-corrected chi connectivity index (χ3v) is 5.54. The number of urea groups is 1. The summed E-state index contributed by atoms with van der Waals surface area (Å²) < 4.78 is 0. The van der Waals surface area contributed by atoms with Crippen LogP contribution in [0.25, 0.3) is 0 Å². The number of carbonyl (C=O) groups excluding carboxylic acids is 3. The Morgan fingerprint density at radius 1 is 1.52 bits per heavy atom. The highest BCUT2D eigenvalue weighted by atomic mass is 32.1. The molecule has 3 rings (SSSR count). The van der Waals surface area contributed by atoms with Crippen LogP contribution in [0.5, 0.6) is 0 Å². The van der Waals surface area contributed by atoms with Crippen LogP contribution >= 0.6 is 11.3 Å². The molecule has 1 spiro atoms. The van der Waals surface area contributed by atoms with Crippen molar-refractivity contribution in [2.45, 2.75) is 45.1 Å². The number of aryl methyl sites for hydroxylation is 1. The van der Waals surface area contributed by atoms with E-state index in [9.17, 15) is 14.4 Å². The monoisotopic (exact) mass is 336 g/mol. The molecule has 1 aromatic heterocycles. The maximum atomic E-state index is 12.7. The lowest BCUT2D eigenvalue weighted by atomic mass is 9.73. The van der Waals surface area contributed by atoms with Crippen molar-refractivity contribution in [1.29, 1.82) is 0 Å². The van der Waals surface area contributed by atoms with E-state index in [-0.39, 0.29) is 18.4 Å². The van der Waals surface area contributed by atoms with Gasteiger partial charge in [-0.25, -0.2) is 9.78 Å². The van der Waals surface area contributed by atoms with Crippen molar-refractivity contribution in [3.8, 4) is 0 Å². The molecule has 1 saturated heterocycles. The third-order valence-electron chi connectivity index (χ3n) is 4.67. The Morgan fingerprint density at radius 3 is 2.96 bits per heavy atom. The Morgan fingerprint density at radius 2 is 2.30 bits per heavy atom. The molecule has 124 valence electrons. The number of carbonyl (C=O) groups is 3. The molecule has 23 heavy (non-hydrogen) atoms. The normalized spacial score (nSPS) is 27.4. The standard InChI is InChI=1S/C15H20N4O3S/c1-9-5-3-4-6-15(9)12(21)19(14(22)18-15)7-11(20)17-13-16-10(2)8-23-13/h8-9H,3-7H2,1-2H3,(H,18,22)(H,16,17,20). The summed E-state index contributed by atoms with van der Waals surface area (Å²) >= 11 is 1.31. The van der Waals surface area contributed by atoms with E-state index >= 15 is 0 Å². The summed E-state index contributed by atoms with van der Waals surface area (Å²) in [4.78, 5) is 42.2. The molecule has 0 aromatic carbocycles. The SMILES string of the molecule is Cc1csc(NC(=O)CN2C(=O)NC3(CCCCC3C)C2=O)n1. The number of nitrogens with zero attached hydrogens (tertiary/aromatic N) is 2. The van der Waals surface area contributed by atoms with E-state index in [2.05, 4.69) is 15.6 Å². The molecular weight excluding hydrogens is 316 g/mol. The Hall–Kier alpha value is -1.96. The molecule has 2 heterocycles. The van der Waals surface area contributed by atoms with Gasteiger partial charge in [-0.05, 0) is 25.7 Å². The highest BCUT2D eigenvalue weighted by Crippen LogP contribution is 2.38. The quantitative estimate of drug-likeness (QED) is 0.825. The van der Waals surface area contributed by atoms with E-state index < -0.39 is 17.5 Å². The Labute approximate surface area is 138 Å². The summed E-state index contributed by atoms with van der Waals surface area (Å²) in [7, 11) is 0. The molecule has 2 N–H and O–H groups in total. The number of rotatable bonds is 3. The second kappa shape index (κ2) is 5.92. The van der Waals surface area contributed by atoms with Gasteiger partial charge in [-0.1, -0.05) is 19.8 Å². The lowest BCUT2D eigenvalue weighted by Crippen LogP contribution is -2.54. The number of hydrogen-bond acceptors (Lipinski definition) is 5. The molecule has 1 aliphatic carbocycles. The molecule has 0 bridgehead atoms. The van der Waals surface area contributed by atoms with Gasteiger partial charge in [0.1, 0.15) is 12.1 Å². The van der Waals surface area contributed by atoms with Crippen molar-refractivity contribution in [2.24, 2.45) is 5.92 Å². The lowest BCUT2D eigenvalue weighted by Gasteiger charge is -2.36. The van der Waals surface area contributed by atoms with Crippen LogP contribution in [0.2, 0.25) is 0 Å². The zero-order valence-electron chi connectivity index (χ0n) is 13.2. The first-order valence-electron chi connectivity index (χ1n) is 7.78. The van der Waals surface area contributed by atoms with Gasteiger partial charge >= 0.3 is 6.03 Å². The van der Waals surface area contributed by atoms with E-state index in [1.165, 1.54) is 11.3 Å². The van der Waals surface area contributed by atoms with Crippen LogP contribution in [0.1, 0.15) is 38.3 Å². The van der Waals surface area contributed by atoms with Crippen molar-refractivity contribution in [1.82, 2.24) is 15.2 Å². The summed E-state index contributed by atoms with van der Waals surface area (Å²) in [6.45, 7) is 3.54. The topological polar surface area (TPSA) is 91.4 Å². The van der Waals surface area contributed by atoms with E-state index in [0.29, 0.717) is 11.6 Å². The Bertz CT molecular complexity index is 659. The molecule has 1 aromatic rings.